The van der Waals surface area contributed by atoms with Gasteiger partial charge in [0, 0.05) is 0 Å². The zero-order chi connectivity index (χ0) is 14.5. The number of ether oxygens (including phenoxy) is 1. The Labute approximate surface area is 125 Å². The number of carbonyl (C=O) groups is 1. The molecular weight excluding hydrogens is 301 g/mol. The van der Waals surface area contributed by atoms with Crippen LogP contribution in [-0.4, -0.2) is 18.2 Å². The number of anilines is 3. The Kier molecular flexibility index (Phi) is 4.65. The zero-order valence-electron chi connectivity index (χ0n) is 10.5. The molecule has 0 saturated heterocycles. The van der Waals surface area contributed by atoms with E-state index >= 15 is 0 Å². The molecule has 0 spiro atoms. The van der Waals surface area contributed by atoms with Gasteiger partial charge in [-0.25, -0.2) is 9.78 Å². The van der Waals surface area contributed by atoms with Crippen molar-refractivity contribution in [1.29, 1.82) is 0 Å². The quantitative estimate of drug-likeness (QED) is 0.886. The number of amides is 1. The molecule has 0 unspecified atom stereocenters. The van der Waals surface area contributed by atoms with Gasteiger partial charge in [0.1, 0.15) is 5.82 Å². The highest BCUT2D eigenvalue weighted by atomic mass is 35.5. The molecule has 2 aromatic rings. The van der Waals surface area contributed by atoms with Crippen LogP contribution in [0.5, 0.6) is 0 Å². The van der Waals surface area contributed by atoms with Crippen LogP contribution in [0.2, 0.25) is 10.0 Å². The lowest BCUT2D eigenvalue weighted by Crippen LogP contribution is -2.11. The van der Waals surface area contributed by atoms with E-state index in [-0.39, 0.29) is 0 Å². The Balaban J connectivity index is 2.11. The predicted octanol–water partition coefficient (Wildman–Crippen LogP) is 4.31. The molecule has 1 aromatic heterocycles. The van der Waals surface area contributed by atoms with Crippen LogP contribution in [0.1, 0.15) is 0 Å². The van der Waals surface area contributed by atoms with Crippen molar-refractivity contribution < 1.29 is 9.53 Å². The summed E-state index contributed by atoms with van der Waals surface area (Å²) in [6, 6.07) is 8.65. The molecule has 0 fully saturated rings. The third kappa shape index (κ3) is 3.53. The SMILES string of the molecule is COC(=O)Nc1ccc(Nc2cccc(Cl)c2Cl)nc1. The first-order chi connectivity index (χ1) is 9.60. The van der Waals surface area contributed by atoms with E-state index in [0.717, 1.165) is 0 Å². The molecule has 7 heteroatoms. The van der Waals surface area contributed by atoms with Crippen LogP contribution in [0.4, 0.5) is 22.0 Å². The van der Waals surface area contributed by atoms with Crippen molar-refractivity contribution in [1.82, 2.24) is 4.98 Å². The number of hydrogen-bond acceptors (Lipinski definition) is 4. The van der Waals surface area contributed by atoms with Crippen LogP contribution in [0.3, 0.4) is 0 Å². The number of nitrogens with zero attached hydrogens (tertiary/aromatic N) is 1. The number of pyridine rings is 1. The second-order valence-corrected chi connectivity index (χ2v) is 4.56. The van der Waals surface area contributed by atoms with Gasteiger partial charge in [0.2, 0.25) is 0 Å². The monoisotopic (exact) mass is 311 g/mol. The third-order valence-corrected chi connectivity index (χ3v) is 3.23. The van der Waals surface area contributed by atoms with Gasteiger partial charge in [0.25, 0.3) is 0 Å². The number of hydrogen-bond donors (Lipinski definition) is 2. The summed E-state index contributed by atoms with van der Waals surface area (Å²) in [5, 5.41) is 6.42. The molecule has 104 valence electrons. The summed E-state index contributed by atoms with van der Waals surface area (Å²) in [4.78, 5) is 15.2. The van der Waals surface area contributed by atoms with E-state index in [1.165, 1.54) is 13.3 Å². The van der Waals surface area contributed by atoms with Crippen molar-refractivity contribution >= 4 is 46.5 Å². The molecule has 0 radical (unpaired) electrons. The summed E-state index contributed by atoms with van der Waals surface area (Å²) in [5.74, 6) is 0.574. The fourth-order valence-electron chi connectivity index (χ4n) is 1.45. The Bertz CT molecular complexity index is 618. The van der Waals surface area contributed by atoms with Crippen molar-refractivity contribution in [2.45, 2.75) is 0 Å². The standard InChI is InChI=1S/C13H11Cl2N3O2/c1-20-13(19)17-8-5-6-11(16-7-8)18-10-4-2-3-9(14)12(10)15/h2-7H,1H3,(H,16,18)(H,17,19). The highest BCUT2D eigenvalue weighted by Gasteiger charge is 2.06. The average molecular weight is 312 g/mol. The van der Waals surface area contributed by atoms with Crippen LogP contribution in [-0.2, 0) is 4.74 Å². The first-order valence-corrected chi connectivity index (χ1v) is 6.38. The largest absolute Gasteiger partial charge is 0.453 e. The van der Waals surface area contributed by atoms with E-state index in [4.69, 9.17) is 23.2 Å². The van der Waals surface area contributed by atoms with E-state index in [2.05, 4.69) is 20.4 Å². The van der Waals surface area contributed by atoms with Gasteiger partial charge in [-0.1, -0.05) is 29.3 Å². The van der Waals surface area contributed by atoms with E-state index in [1.807, 2.05) is 0 Å². The Morgan fingerprint density at radius 3 is 2.70 bits per heavy atom. The summed E-state index contributed by atoms with van der Waals surface area (Å²) in [7, 11) is 1.29. The fraction of sp³-hybridized carbons (Fsp3) is 0.0769. The molecule has 0 aliphatic carbocycles. The number of carbonyl (C=O) groups excluding carboxylic acids is 1. The highest BCUT2D eigenvalue weighted by molar-refractivity contribution is 6.43. The van der Waals surface area contributed by atoms with E-state index in [0.29, 0.717) is 27.2 Å². The van der Waals surface area contributed by atoms with Gasteiger partial charge >= 0.3 is 6.09 Å². The summed E-state index contributed by atoms with van der Waals surface area (Å²) in [5.41, 5.74) is 1.18. The van der Waals surface area contributed by atoms with Crippen LogP contribution in [0.15, 0.2) is 36.5 Å². The summed E-state index contributed by atoms with van der Waals surface area (Å²) in [6.07, 6.45) is 0.947. The lowest BCUT2D eigenvalue weighted by molar-refractivity contribution is 0.187. The smallest absolute Gasteiger partial charge is 0.411 e. The zero-order valence-corrected chi connectivity index (χ0v) is 12.0. The van der Waals surface area contributed by atoms with Crippen molar-refractivity contribution in [3.63, 3.8) is 0 Å². The lowest BCUT2D eigenvalue weighted by atomic mass is 10.3. The minimum Gasteiger partial charge on any atom is -0.453 e. The van der Waals surface area contributed by atoms with Gasteiger partial charge < -0.3 is 10.1 Å². The third-order valence-electron chi connectivity index (χ3n) is 2.41. The number of nitrogens with one attached hydrogen (secondary N) is 2. The minimum absolute atomic E-state index is 0.424. The molecule has 0 bridgehead atoms. The molecule has 0 aliphatic heterocycles. The number of methoxy groups -OCH3 is 1. The molecule has 2 N–H and O–H groups in total. The summed E-state index contributed by atoms with van der Waals surface area (Å²) in [6.45, 7) is 0. The Morgan fingerprint density at radius 1 is 1.25 bits per heavy atom. The molecular formula is C13H11Cl2N3O2. The summed E-state index contributed by atoms with van der Waals surface area (Å²) >= 11 is 12.0. The van der Waals surface area contributed by atoms with Gasteiger partial charge in [0.05, 0.1) is 34.7 Å². The number of halogens is 2. The molecule has 0 saturated carbocycles. The van der Waals surface area contributed by atoms with Gasteiger partial charge in [0.15, 0.2) is 0 Å². The fourth-order valence-corrected chi connectivity index (χ4v) is 1.80. The molecule has 0 aliphatic rings. The second kappa shape index (κ2) is 6.45. The van der Waals surface area contributed by atoms with Crippen LogP contribution >= 0.6 is 23.2 Å². The molecule has 5 nitrogen and oxygen atoms in total. The van der Waals surface area contributed by atoms with Crippen molar-refractivity contribution in [2.24, 2.45) is 0 Å². The van der Waals surface area contributed by atoms with Crippen molar-refractivity contribution in [3.05, 3.63) is 46.6 Å². The van der Waals surface area contributed by atoms with E-state index in [1.54, 1.807) is 30.3 Å². The number of benzene rings is 1. The topological polar surface area (TPSA) is 63.2 Å². The first kappa shape index (κ1) is 14.4. The molecule has 1 aromatic carbocycles. The van der Waals surface area contributed by atoms with Gasteiger partial charge in [-0.15, -0.1) is 0 Å². The minimum atomic E-state index is -0.551. The molecule has 0 atom stereocenters. The van der Waals surface area contributed by atoms with Gasteiger partial charge in [-0.2, -0.15) is 0 Å². The number of aromatic nitrogens is 1. The average Bonchev–Trinajstić information content (AvgIpc) is 2.46. The first-order valence-electron chi connectivity index (χ1n) is 5.62. The normalized spacial score (nSPS) is 9.95. The predicted molar refractivity (Wildman–Crippen MR) is 80.0 cm³/mol. The maximum absolute atomic E-state index is 11.0. The maximum Gasteiger partial charge on any atom is 0.411 e. The Hall–Kier alpha value is -1.98. The van der Waals surface area contributed by atoms with Gasteiger partial charge in [-0.3, -0.25) is 5.32 Å². The van der Waals surface area contributed by atoms with Crippen molar-refractivity contribution in [3.8, 4) is 0 Å². The van der Waals surface area contributed by atoms with Crippen molar-refractivity contribution in [2.75, 3.05) is 17.7 Å². The summed E-state index contributed by atoms with van der Waals surface area (Å²) < 4.78 is 4.48. The molecule has 2 rings (SSSR count). The van der Waals surface area contributed by atoms with E-state index in [9.17, 15) is 4.79 Å². The van der Waals surface area contributed by atoms with Crippen LogP contribution in [0, 0.1) is 0 Å². The van der Waals surface area contributed by atoms with E-state index < -0.39 is 6.09 Å². The molecule has 1 amide bonds. The molecule has 1 heterocycles. The number of rotatable bonds is 3. The second-order valence-electron chi connectivity index (χ2n) is 3.78. The van der Waals surface area contributed by atoms with Crippen LogP contribution in [0.25, 0.3) is 0 Å². The van der Waals surface area contributed by atoms with Gasteiger partial charge in [-0.05, 0) is 24.3 Å². The maximum atomic E-state index is 11.0. The Morgan fingerprint density at radius 2 is 2.05 bits per heavy atom. The lowest BCUT2D eigenvalue weighted by Gasteiger charge is -2.09. The van der Waals surface area contributed by atoms with Crippen LogP contribution < -0.4 is 10.6 Å². The molecule has 20 heavy (non-hydrogen) atoms. The highest BCUT2D eigenvalue weighted by Crippen LogP contribution is 2.31.